The Balaban J connectivity index is 2.63. The quantitative estimate of drug-likeness (QED) is 0.908. The third-order valence-electron chi connectivity index (χ3n) is 3.78. The summed E-state index contributed by atoms with van der Waals surface area (Å²) in [5.41, 5.74) is 1.16. The number of carboxylic acid groups (broad SMARTS) is 1. The van der Waals surface area contributed by atoms with E-state index < -0.39 is 11.9 Å². The van der Waals surface area contributed by atoms with E-state index in [4.69, 9.17) is 0 Å². The minimum atomic E-state index is -0.864. The molecule has 1 aliphatic rings. The highest BCUT2D eigenvalue weighted by atomic mass is 16.4. The van der Waals surface area contributed by atoms with Crippen molar-refractivity contribution in [2.75, 3.05) is 6.54 Å². The molecule has 0 saturated carbocycles. The first-order valence-corrected chi connectivity index (χ1v) is 6.61. The summed E-state index contributed by atoms with van der Waals surface area (Å²) < 4.78 is 0. The molecule has 4 nitrogen and oxygen atoms in total. The van der Waals surface area contributed by atoms with Crippen LogP contribution in [0.2, 0.25) is 0 Å². The highest BCUT2D eigenvalue weighted by Gasteiger charge is 2.43. The highest BCUT2D eigenvalue weighted by Crippen LogP contribution is 2.36. The molecule has 1 N–H and O–H groups in total. The predicted octanol–water partition coefficient (Wildman–Crippen LogP) is 2.36. The van der Waals surface area contributed by atoms with Gasteiger partial charge in [-0.3, -0.25) is 9.59 Å². The van der Waals surface area contributed by atoms with E-state index in [2.05, 4.69) is 0 Å². The molecule has 2 atom stereocenters. The van der Waals surface area contributed by atoms with Gasteiger partial charge in [0.1, 0.15) is 5.92 Å². The van der Waals surface area contributed by atoms with Crippen molar-refractivity contribution in [3.8, 4) is 0 Å². The van der Waals surface area contributed by atoms with E-state index in [0.29, 0.717) is 17.7 Å². The highest BCUT2D eigenvalue weighted by molar-refractivity contribution is 6.00. The van der Waals surface area contributed by atoms with Crippen LogP contribution in [0, 0.1) is 5.92 Å². The number of hydrogen-bond donors (Lipinski definition) is 1. The van der Waals surface area contributed by atoms with Gasteiger partial charge in [0.25, 0.3) is 5.91 Å². The number of hydrogen-bond acceptors (Lipinski definition) is 2. The molecule has 1 heterocycles. The van der Waals surface area contributed by atoms with Crippen molar-refractivity contribution in [3.05, 3.63) is 35.4 Å². The lowest BCUT2D eigenvalue weighted by Crippen LogP contribution is -2.52. The Bertz CT molecular complexity index is 510. The van der Waals surface area contributed by atoms with Crippen molar-refractivity contribution < 1.29 is 14.7 Å². The molecule has 1 aromatic rings. The van der Waals surface area contributed by atoms with Crippen molar-refractivity contribution in [1.29, 1.82) is 0 Å². The predicted molar refractivity (Wildman–Crippen MR) is 72.2 cm³/mol. The smallest absolute Gasteiger partial charge is 0.313 e. The number of benzene rings is 1. The lowest BCUT2D eigenvalue weighted by Gasteiger charge is -2.42. The normalized spacial score (nSPS) is 22.5. The standard InChI is InChI=1S/C15H19NO3/c1-4-16-13(9(2)3)12(15(18)19)10-7-5-6-8-11(10)14(16)17/h5-9,12-13H,4H2,1-3H3,(H,18,19)/t12-,13+/m1/s1. The molecule has 0 spiro atoms. The maximum absolute atomic E-state index is 12.5. The number of rotatable bonds is 3. The van der Waals surface area contributed by atoms with Crippen molar-refractivity contribution in [1.82, 2.24) is 4.90 Å². The van der Waals surface area contributed by atoms with E-state index >= 15 is 0 Å². The number of likely N-dealkylation sites (N-methyl/N-ethyl adjacent to an activating group) is 1. The van der Waals surface area contributed by atoms with Gasteiger partial charge < -0.3 is 10.0 Å². The maximum atomic E-state index is 12.5. The third-order valence-corrected chi connectivity index (χ3v) is 3.78. The zero-order valence-electron chi connectivity index (χ0n) is 11.5. The molecule has 1 aromatic carbocycles. The van der Waals surface area contributed by atoms with Crippen molar-refractivity contribution in [2.24, 2.45) is 5.92 Å². The van der Waals surface area contributed by atoms with Crippen LogP contribution >= 0.6 is 0 Å². The van der Waals surface area contributed by atoms with Crippen LogP contribution in [0.5, 0.6) is 0 Å². The van der Waals surface area contributed by atoms with E-state index in [1.807, 2.05) is 20.8 Å². The monoisotopic (exact) mass is 261 g/mol. The fraction of sp³-hybridized carbons (Fsp3) is 0.467. The molecule has 0 fully saturated rings. The lowest BCUT2D eigenvalue weighted by molar-refractivity contribution is -0.141. The van der Waals surface area contributed by atoms with Crippen LogP contribution in [-0.4, -0.2) is 34.5 Å². The molecule has 102 valence electrons. The topological polar surface area (TPSA) is 57.6 Å². The zero-order chi connectivity index (χ0) is 14.2. The van der Waals surface area contributed by atoms with Gasteiger partial charge in [-0.05, 0) is 24.5 Å². The first kappa shape index (κ1) is 13.6. The molecule has 19 heavy (non-hydrogen) atoms. The molecule has 0 aromatic heterocycles. The van der Waals surface area contributed by atoms with Crippen LogP contribution in [-0.2, 0) is 4.79 Å². The van der Waals surface area contributed by atoms with E-state index in [1.165, 1.54) is 0 Å². The van der Waals surface area contributed by atoms with Gasteiger partial charge in [-0.1, -0.05) is 32.0 Å². The number of carboxylic acids is 1. The number of fused-ring (bicyclic) bond motifs is 1. The van der Waals surface area contributed by atoms with Gasteiger partial charge in [0, 0.05) is 12.1 Å². The Kier molecular flexibility index (Phi) is 3.60. The number of aliphatic carboxylic acids is 1. The van der Waals surface area contributed by atoms with Gasteiger partial charge in [0.2, 0.25) is 0 Å². The molecule has 1 amide bonds. The Hall–Kier alpha value is -1.84. The summed E-state index contributed by atoms with van der Waals surface area (Å²) >= 11 is 0. The van der Waals surface area contributed by atoms with Gasteiger partial charge in [-0.25, -0.2) is 0 Å². The summed E-state index contributed by atoms with van der Waals surface area (Å²) in [4.78, 5) is 25.8. The molecular weight excluding hydrogens is 242 g/mol. The SMILES string of the molecule is CCN1C(=O)c2ccccc2[C@@H](C(=O)O)[C@@H]1C(C)C. The van der Waals surface area contributed by atoms with Gasteiger partial charge >= 0.3 is 5.97 Å². The third kappa shape index (κ3) is 2.11. The summed E-state index contributed by atoms with van der Waals surface area (Å²) in [7, 11) is 0. The molecule has 4 heteroatoms. The van der Waals surface area contributed by atoms with Crippen LogP contribution in [0.25, 0.3) is 0 Å². The summed E-state index contributed by atoms with van der Waals surface area (Å²) in [6, 6.07) is 6.76. The lowest BCUT2D eigenvalue weighted by atomic mass is 9.78. The van der Waals surface area contributed by atoms with Crippen molar-refractivity contribution in [3.63, 3.8) is 0 Å². The Labute approximate surface area is 113 Å². The Morgan fingerprint density at radius 1 is 1.37 bits per heavy atom. The second-order valence-electron chi connectivity index (χ2n) is 5.23. The summed E-state index contributed by atoms with van der Waals surface area (Å²) in [6.45, 7) is 6.34. The molecule has 0 aliphatic carbocycles. The molecule has 0 unspecified atom stereocenters. The molecule has 0 bridgehead atoms. The van der Waals surface area contributed by atoms with Crippen LogP contribution in [0.3, 0.4) is 0 Å². The van der Waals surface area contributed by atoms with E-state index in [-0.39, 0.29) is 17.9 Å². The number of carbonyl (C=O) groups is 2. The molecule has 2 rings (SSSR count). The molecular formula is C15H19NO3. The van der Waals surface area contributed by atoms with E-state index in [9.17, 15) is 14.7 Å². The number of amides is 1. The van der Waals surface area contributed by atoms with Gasteiger partial charge in [0.15, 0.2) is 0 Å². The first-order valence-electron chi connectivity index (χ1n) is 6.61. The van der Waals surface area contributed by atoms with Crippen LogP contribution in [0.4, 0.5) is 0 Å². The molecule has 1 aliphatic heterocycles. The Morgan fingerprint density at radius 3 is 2.53 bits per heavy atom. The largest absolute Gasteiger partial charge is 0.481 e. The van der Waals surface area contributed by atoms with E-state index in [0.717, 1.165) is 0 Å². The second kappa shape index (κ2) is 5.03. The fourth-order valence-corrected chi connectivity index (χ4v) is 3.00. The zero-order valence-corrected chi connectivity index (χ0v) is 11.5. The summed E-state index contributed by atoms with van der Waals surface area (Å²) in [6.07, 6.45) is 0. The average molecular weight is 261 g/mol. The van der Waals surface area contributed by atoms with Gasteiger partial charge in [0.05, 0.1) is 6.04 Å². The van der Waals surface area contributed by atoms with Crippen LogP contribution in [0.15, 0.2) is 24.3 Å². The summed E-state index contributed by atoms with van der Waals surface area (Å²) in [5.74, 6) is -1.47. The molecule has 0 radical (unpaired) electrons. The van der Waals surface area contributed by atoms with Crippen LogP contribution < -0.4 is 0 Å². The minimum Gasteiger partial charge on any atom is -0.481 e. The first-order chi connectivity index (χ1) is 8.99. The number of carbonyl (C=O) groups excluding carboxylic acids is 1. The van der Waals surface area contributed by atoms with Crippen LogP contribution in [0.1, 0.15) is 42.6 Å². The average Bonchev–Trinajstić information content (AvgIpc) is 2.37. The van der Waals surface area contributed by atoms with E-state index in [1.54, 1.807) is 29.2 Å². The Morgan fingerprint density at radius 2 is 2.00 bits per heavy atom. The van der Waals surface area contributed by atoms with Gasteiger partial charge in [-0.15, -0.1) is 0 Å². The number of nitrogens with zero attached hydrogens (tertiary/aromatic N) is 1. The fourth-order valence-electron chi connectivity index (χ4n) is 3.00. The maximum Gasteiger partial charge on any atom is 0.313 e. The van der Waals surface area contributed by atoms with Crippen molar-refractivity contribution in [2.45, 2.75) is 32.7 Å². The van der Waals surface area contributed by atoms with Crippen molar-refractivity contribution >= 4 is 11.9 Å². The second-order valence-corrected chi connectivity index (χ2v) is 5.23. The minimum absolute atomic E-state index is 0.0608. The van der Waals surface area contributed by atoms with Gasteiger partial charge in [-0.2, -0.15) is 0 Å². The summed E-state index contributed by atoms with van der Waals surface area (Å²) in [5, 5.41) is 9.57. The molecule has 0 saturated heterocycles.